The van der Waals surface area contributed by atoms with E-state index >= 15 is 0 Å². The van der Waals surface area contributed by atoms with Crippen molar-refractivity contribution in [2.45, 2.75) is 62.3 Å². The van der Waals surface area contributed by atoms with Gasteiger partial charge in [0.15, 0.2) is 11.6 Å². The molecule has 5 rings (SSSR count). The van der Waals surface area contributed by atoms with Crippen molar-refractivity contribution in [2.75, 3.05) is 20.2 Å². The molecule has 0 spiro atoms. The highest BCUT2D eigenvalue weighted by atomic mass is 19.2. The van der Waals surface area contributed by atoms with Gasteiger partial charge in [-0.15, -0.1) is 0 Å². The van der Waals surface area contributed by atoms with Gasteiger partial charge in [-0.25, -0.2) is 28.1 Å². The number of benzene rings is 2. The third-order valence-electron chi connectivity index (χ3n) is 8.21. The van der Waals surface area contributed by atoms with Crippen molar-refractivity contribution in [1.82, 2.24) is 15.1 Å². The topological polar surface area (TPSA) is 112 Å². The highest BCUT2D eigenvalue weighted by Crippen LogP contribution is 2.38. The van der Waals surface area contributed by atoms with Gasteiger partial charge in [-0.3, -0.25) is 4.90 Å². The maximum absolute atomic E-state index is 14.0. The molecule has 1 aliphatic carbocycles. The fraction of sp³-hybridized carbons (Fsp3) is 0.448. The summed E-state index contributed by atoms with van der Waals surface area (Å²) >= 11 is 0. The van der Waals surface area contributed by atoms with Crippen molar-refractivity contribution in [2.24, 2.45) is 0 Å². The second kappa shape index (κ2) is 11.6. The van der Waals surface area contributed by atoms with Gasteiger partial charge in [-0.05, 0) is 67.3 Å². The summed E-state index contributed by atoms with van der Waals surface area (Å²) in [6.07, 6.45) is 1.97. The molecule has 3 amide bonds. The molecule has 1 N–H and O–H groups in total. The second-order valence-corrected chi connectivity index (χ2v) is 10.5. The van der Waals surface area contributed by atoms with Crippen LogP contribution in [0.2, 0.25) is 0 Å². The molecule has 210 valence electrons. The number of urea groups is 1. The monoisotopic (exact) mass is 552 g/mol. The lowest BCUT2D eigenvalue weighted by Crippen LogP contribution is -2.48. The molecular weight excluding hydrogens is 522 g/mol. The molecule has 2 aliphatic heterocycles. The fourth-order valence-corrected chi connectivity index (χ4v) is 6.19. The molecule has 2 heterocycles. The number of amides is 3. The van der Waals surface area contributed by atoms with Crippen molar-refractivity contribution >= 4 is 18.1 Å². The normalized spacial score (nSPS) is 26.7. The van der Waals surface area contributed by atoms with Crippen LogP contribution >= 0.6 is 0 Å². The number of hydrogen-bond donors (Lipinski definition) is 1. The second-order valence-electron chi connectivity index (χ2n) is 10.5. The van der Waals surface area contributed by atoms with Gasteiger partial charge in [0.05, 0.1) is 18.7 Å². The van der Waals surface area contributed by atoms with Gasteiger partial charge >= 0.3 is 18.1 Å². The van der Waals surface area contributed by atoms with E-state index < -0.39 is 41.9 Å². The van der Waals surface area contributed by atoms with Gasteiger partial charge < -0.3 is 14.8 Å². The molecule has 1 saturated carbocycles. The average Bonchev–Trinajstić information content (AvgIpc) is 3.58. The maximum Gasteiger partial charge on any atom is 0.419 e. The first kappa shape index (κ1) is 27.5. The Kier molecular flexibility index (Phi) is 7.98. The third kappa shape index (κ3) is 5.36. The van der Waals surface area contributed by atoms with Crippen LogP contribution in [0.1, 0.15) is 60.8 Å². The Morgan fingerprint density at radius 2 is 1.82 bits per heavy atom. The van der Waals surface area contributed by atoms with E-state index in [1.807, 2.05) is 24.3 Å². The lowest BCUT2D eigenvalue weighted by atomic mass is 9.80. The van der Waals surface area contributed by atoms with Gasteiger partial charge in [0.1, 0.15) is 6.04 Å². The lowest BCUT2D eigenvalue weighted by Gasteiger charge is -2.35. The molecule has 2 aromatic carbocycles. The molecule has 2 aromatic rings. The Morgan fingerprint density at radius 1 is 1.07 bits per heavy atom. The maximum atomic E-state index is 14.0. The van der Waals surface area contributed by atoms with E-state index in [1.165, 1.54) is 6.07 Å². The summed E-state index contributed by atoms with van der Waals surface area (Å²) in [6.45, 7) is 1.37. The molecule has 3 atom stereocenters. The van der Waals surface area contributed by atoms with Crippen LogP contribution in [0.25, 0.3) is 0 Å². The minimum Gasteiger partial charge on any atom is -0.466 e. The first-order chi connectivity index (χ1) is 19.3. The van der Waals surface area contributed by atoms with E-state index in [1.54, 1.807) is 0 Å². The predicted octanol–water partition coefficient (Wildman–Crippen LogP) is 4.38. The number of cyclic esters (lactones) is 1. The van der Waals surface area contributed by atoms with Gasteiger partial charge in [0.2, 0.25) is 6.10 Å². The Bertz CT molecular complexity index is 1340. The van der Waals surface area contributed by atoms with Crippen LogP contribution in [-0.2, 0) is 14.3 Å². The molecule has 3 aliphatic rings. The molecule has 40 heavy (non-hydrogen) atoms. The minimum absolute atomic E-state index is 0.0260. The number of nitrogens with one attached hydrogen (secondary N) is 1. The van der Waals surface area contributed by atoms with Crippen LogP contribution in [0.15, 0.2) is 42.5 Å². The molecule has 9 nitrogen and oxygen atoms in total. The van der Waals surface area contributed by atoms with Crippen LogP contribution in [0.4, 0.5) is 18.4 Å². The molecular formula is C29H30F2N4O5. The summed E-state index contributed by atoms with van der Waals surface area (Å²) in [6, 6.07) is 10.9. The molecule has 0 bridgehead atoms. The van der Waals surface area contributed by atoms with Crippen LogP contribution < -0.4 is 5.32 Å². The Labute approximate surface area is 230 Å². The number of nitrogens with zero attached hydrogens (tertiary/aromatic N) is 3. The van der Waals surface area contributed by atoms with E-state index in [2.05, 4.69) is 16.3 Å². The number of ether oxygens (including phenoxy) is 2. The zero-order valence-electron chi connectivity index (χ0n) is 22.0. The van der Waals surface area contributed by atoms with Crippen molar-refractivity contribution in [3.63, 3.8) is 0 Å². The smallest absolute Gasteiger partial charge is 0.419 e. The Balaban J connectivity index is 1.22. The zero-order valence-corrected chi connectivity index (χ0v) is 22.0. The lowest BCUT2D eigenvalue weighted by molar-refractivity contribution is -0.150. The number of likely N-dealkylation sites (tertiary alicyclic amines) is 1. The molecule has 2 saturated heterocycles. The van der Waals surface area contributed by atoms with Gasteiger partial charge in [0, 0.05) is 25.2 Å². The number of hydrogen-bond acceptors (Lipinski definition) is 7. The predicted molar refractivity (Wildman–Crippen MR) is 138 cm³/mol. The van der Waals surface area contributed by atoms with Crippen LogP contribution in [0, 0.1) is 23.0 Å². The van der Waals surface area contributed by atoms with Crippen molar-refractivity contribution in [3.05, 3.63) is 70.8 Å². The van der Waals surface area contributed by atoms with Crippen molar-refractivity contribution < 1.29 is 32.6 Å². The Hall–Kier alpha value is -4.04. The summed E-state index contributed by atoms with van der Waals surface area (Å²) in [5, 5.41) is 12.3. The van der Waals surface area contributed by atoms with E-state index in [-0.39, 0.29) is 11.6 Å². The number of nitriles is 1. The van der Waals surface area contributed by atoms with Crippen LogP contribution in [-0.4, -0.2) is 66.3 Å². The summed E-state index contributed by atoms with van der Waals surface area (Å²) in [5.41, 5.74) is 1.86. The standard InChI is InChI=1S/C29H30F2N4O5/c1-39-27(36)26-25(18-8-11-23(30)24(31)14-18)35(29(38)40-26)28(37)33-20-12-13-34(16-20)21-9-6-17(7-10-21)22-5-3-2-4-19(22)15-32/h2-5,8,11,14,17,20-21,25-26H,6-7,9-10,12-13,16H2,1H3,(H,33,37)/t17?,20-,21?,25+,26-/m1/s1. The molecule has 0 radical (unpaired) electrons. The number of carbonyl (C=O) groups is 3. The molecule has 11 heteroatoms. The largest absolute Gasteiger partial charge is 0.466 e. The molecule has 0 aromatic heterocycles. The van der Waals surface area contributed by atoms with Crippen LogP contribution in [0.5, 0.6) is 0 Å². The zero-order chi connectivity index (χ0) is 28.4. The van der Waals surface area contributed by atoms with Gasteiger partial charge in [-0.1, -0.05) is 24.3 Å². The van der Waals surface area contributed by atoms with E-state index in [4.69, 9.17) is 9.47 Å². The number of halogens is 2. The number of carbonyl (C=O) groups excluding carboxylic acids is 3. The first-order valence-corrected chi connectivity index (χ1v) is 13.4. The first-order valence-electron chi connectivity index (χ1n) is 13.4. The van der Waals surface area contributed by atoms with Crippen molar-refractivity contribution in [1.29, 1.82) is 5.26 Å². The third-order valence-corrected chi connectivity index (χ3v) is 8.21. The number of rotatable bonds is 5. The summed E-state index contributed by atoms with van der Waals surface area (Å²) < 4.78 is 37.4. The van der Waals surface area contributed by atoms with E-state index in [0.29, 0.717) is 24.9 Å². The number of methoxy groups -OCH3 is 1. The average molecular weight is 553 g/mol. The molecule has 0 unspecified atom stereocenters. The van der Waals surface area contributed by atoms with Crippen LogP contribution in [0.3, 0.4) is 0 Å². The summed E-state index contributed by atoms with van der Waals surface area (Å²) in [5.74, 6) is -2.85. The molecule has 3 fully saturated rings. The highest BCUT2D eigenvalue weighted by molar-refractivity contribution is 5.96. The summed E-state index contributed by atoms with van der Waals surface area (Å²) in [4.78, 5) is 41.4. The van der Waals surface area contributed by atoms with Gasteiger partial charge in [0.25, 0.3) is 0 Å². The van der Waals surface area contributed by atoms with E-state index in [0.717, 1.165) is 67.5 Å². The quantitative estimate of drug-likeness (QED) is 0.548. The SMILES string of the molecule is COC(=O)[C@@H]1OC(=O)N(C(=O)N[C@@H]2CCN(C3CCC(c4ccccc4C#N)CC3)C2)[C@H]1c1ccc(F)c(F)c1. The van der Waals surface area contributed by atoms with E-state index in [9.17, 15) is 28.4 Å². The fourth-order valence-electron chi connectivity index (χ4n) is 6.19. The highest BCUT2D eigenvalue weighted by Gasteiger charge is 2.51. The number of imide groups is 1. The Morgan fingerprint density at radius 3 is 2.52 bits per heavy atom. The van der Waals surface area contributed by atoms with Crippen molar-refractivity contribution in [3.8, 4) is 6.07 Å². The van der Waals surface area contributed by atoms with Gasteiger partial charge in [-0.2, -0.15) is 5.26 Å². The number of esters is 1. The minimum atomic E-state index is -1.52. The summed E-state index contributed by atoms with van der Waals surface area (Å²) in [7, 11) is 1.10.